The Kier molecular flexibility index (Phi) is 7.27. The Labute approximate surface area is 196 Å². The highest BCUT2D eigenvalue weighted by Crippen LogP contribution is 2.29. The molecule has 0 fully saturated rings. The number of hydrogen-bond donors (Lipinski definition) is 3. The van der Waals surface area contributed by atoms with E-state index in [1.807, 2.05) is 13.0 Å². The molecule has 0 aliphatic rings. The maximum atomic E-state index is 13.1. The van der Waals surface area contributed by atoms with Crippen molar-refractivity contribution in [3.8, 4) is 0 Å². The smallest absolute Gasteiger partial charge is 0.270 e. The molecule has 0 aliphatic carbocycles. The number of anilines is 3. The van der Waals surface area contributed by atoms with Crippen LogP contribution in [0.2, 0.25) is 0 Å². The van der Waals surface area contributed by atoms with Crippen LogP contribution in [0.5, 0.6) is 0 Å². The van der Waals surface area contributed by atoms with E-state index in [0.29, 0.717) is 22.5 Å². The topological polar surface area (TPSA) is 143 Å². The second-order valence-electron chi connectivity index (χ2n) is 7.53. The zero-order valence-electron chi connectivity index (χ0n) is 18.7. The number of nitrogens with zero attached hydrogens (tertiary/aromatic N) is 2. The largest absolute Gasteiger partial charge is 0.326 e. The Morgan fingerprint density at radius 3 is 2.29 bits per heavy atom. The van der Waals surface area contributed by atoms with Gasteiger partial charge < -0.3 is 5.32 Å². The lowest BCUT2D eigenvalue weighted by molar-refractivity contribution is -0.385. The second kappa shape index (κ2) is 10.1. The van der Waals surface area contributed by atoms with Crippen LogP contribution in [0.4, 0.5) is 22.7 Å². The zero-order valence-corrected chi connectivity index (χ0v) is 19.5. The van der Waals surface area contributed by atoms with E-state index < -0.39 is 14.9 Å². The maximum absolute atomic E-state index is 13.1. The molecule has 0 saturated carbocycles. The standard InChI is InChI=1S/C23H23N5O5S/c1-15-4-10-21(16(2)12-15)27-34(32,33)23-13-20(28(30)31)9-11-22(23)26-24-14-18-5-7-19(8-6-18)25-17(3)29/h4-14,26-27H,1-3H3,(H,25,29)/b24-14-. The van der Waals surface area contributed by atoms with E-state index in [1.165, 1.54) is 25.3 Å². The molecular formula is C23H23N5O5S. The summed E-state index contributed by atoms with van der Waals surface area (Å²) in [5.41, 5.74) is 5.70. The quantitative estimate of drug-likeness (QED) is 0.247. The minimum absolute atomic E-state index is 0.0639. The highest BCUT2D eigenvalue weighted by molar-refractivity contribution is 7.92. The molecule has 0 heterocycles. The highest BCUT2D eigenvalue weighted by atomic mass is 32.2. The fourth-order valence-corrected chi connectivity index (χ4v) is 4.41. The summed E-state index contributed by atoms with van der Waals surface area (Å²) in [6.45, 7) is 5.06. The lowest BCUT2D eigenvalue weighted by Crippen LogP contribution is -2.16. The minimum Gasteiger partial charge on any atom is -0.326 e. The fraction of sp³-hybridized carbons (Fsp3) is 0.130. The van der Waals surface area contributed by atoms with Crippen LogP contribution in [0.25, 0.3) is 0 Å². The average Bonchev–Trinajstić information content (AvgIpc) is 2.76. The van der Waals surface area contributed by atoms with Gasteiger partial charge in [0.05, 0.1) is 22.5 Å². The number of nitrogens with one attached hydrogen (secondary N) is 3. The van der Waals surface area contributed by atoms with Crippen molar-refractivity contribution >= 4 is 44.9 Å². The van der Waals surface area contributed by atoms with Gasteiger partial charge in [0.15, 0.2) is 0 Å². The maximum Gasteiger partial charge on any atom is 0.270 e. The summed E-state index contributed by atoms with van der Waals surface area (Å²) < 4.78 is 28.8. The van der Waals surface area contributed by atoms with Crippen molar-refractivity contribution in [2.75, 3.05) is 15.5 Å². The Hall–Kier alpha value is -4.25. The summed E-state index contributed by atoms with van der Waals surface area (Å²) >= 11 is 0. The third-order valence-corrected chi connectivity index (χ3v) is 6.13. The van der Waals surface area contributed by atoms with Crippen LogP contribution in [-0.2, 0) is 14.8 Å². The average molecular weight is 482 g/mol. The molecule has 1 amide bonds. The van der Waals surface area contributed by atoms with Crippen LogP contribution in [-0.4, -0.2) is 25.5 Å². The van der Waals surface area contributed by atoms with E-state index in [0.717, 1.165) is 11.6 Å². The van der Waals surface area contributed by atoms with Crippen LogP contribution in [0.3, 0.4) is 0 Å². The number of nitro groups is 1. The fourth-order valence-electron chi connectivity index (χ4n) is 3.10. The summed E-state index contributed by atoms with van der Waals surface area (Å²) in [5.74, 6) is -0.190. The molecule has 0 aromatic heterocycles. The molecule has 0 aliphatic heterocycles. The SMILES string of the molecule is CC(=O)Nc1ccc(/C=N\Nc2ccc([N+](=O)[O-])cc2S(=O)(=O)Nc2ccc(C)cc2C)cc1. The molecule has 34 heavy (non-hydrogen) atoms. The molecule has 3 aromatic rings. The minimum atomic E-state index is -4.18. The first-order valence-electron chi connectivity index (χ1n) is 10.1. The molecule has 10 nitrogen and oxygen atoms in total. The van der Waals surface area contributed by atoms with Crippen LogP contribution < -0.4 is 15.5 Å². The van der Waals surface area contributed by atoms with Crippen LogP contribution in [0.1, 0.15) is 23.6 Å². The Morgan fingerprint density at radius 1 is 1.00 bits per heavy atom. The number of aryl methyl sites for hydroxylation is 2. The summed E-state index contributed by atoms with van der Waals surface area (Å²) in [5, 5.41) is 18.0. The van der Waals surface area contributed by atoms with Gasteiger partial charge in [-0.05, 0) is 49.2 Å². The monoisotopic (exact) mass is 481 g/mol. The number of benzene rings is 3. The first-order chi connectivity index (χ1) is 16.0. The molecular weight excluding hydrogens is 458 g/mol. The number of rotatable bonds is 8. The van der Waals surface area contributed by atoms with E-state index >= 15 is 0 Å². The predicted octanol–water partition coefficient (Wildman–Crippen LogP) is 4.42. The Balaban J connectivity index is 1.88. The third kappa shape index (κ3) is 6.17. The van der Waals surface area contributed by atoms with Gasteiger partial charge in [-0.3, -0.25) is 25.1 Å². The molecule has 176 valence electrons. The molecule has 11 heteroatoms. The first-order valence-corrected chi connectivity index (χ1v) is 11.6. The molecule has 0 spiro atoms. The van der Waals surface area contributed by atoms with Crippen molar-refractivity contribution in [2.24, 2.45) is 5.10 Å². The van der Waals surface area contributed by atoms with E-state index in [-0.39, 0.29) is 22.2 Å². The van der Waals surface area contributed by atoms with Crippen LogP contribution in [0, 0.1) is 24.0 Å². The Bertz CT molecular complexity index is 1370. The van der Waals surface area contributed by atoms with Gasteiger partial charge in [0.25, 0.3) is 15.7 Å². The summed E-state index contributed by atoms with van der Waals surface area (Å²) in [6.07, 6.45) is 1.45. The summed E-state index contributed by atoms with van der Waals surface area (Å²) in [4.78, 5) is 21.4. The lowest BCUT2D eigenvalue weighted by Gasteiger charge is -2.14. The van der Waals surface area contributed by atoms with Crippen molar-refractivity contribution in [3.63, 3.8) is 0 Å². The summed E-state index contributed by atoms with van der Waals surface area (Å²) in [7, 11) is -4.18. The summed E-state index contributed by atoms with van der Waals surface area (Å²) in [6, 6.07) is 15.5. The van der Waals surface area contributed by atoms with Gasteiger partial charge in [-0.15, -0.1) is 0 Å². The van der Waals surface area contributed by atoms with Crippen molar-refractivity contribution in [1.82, 2.24) is 0 Å². The van der Waals surface area contributed by atoms with Crippen LogP contribution in [0.15, 0.2) is 70.7 Å². The normalized spacial score (nSPS) is 11.3. The van der Waals surface area contributed by atoms with E-state index in [1.54, 1.807) is 43.3 Å². The van der Waals surface area contributed by atoms with Crippen LogP contribution >= 0.6 is 0 Å². The van der Waals surface area contributed by atoms with Gasteiger partial charge in [0.2, 0.25) is 5.91 Å². The number of carbonyl (C=O) groups excluding carboxylic acids is 1. The van der Waals surface area contributed by atoms with Crippen molar-refractivity contribution in [2.45, 2.75) is 25.7 Å². The zero-order chi connectivity index (χ0) is 24.9. The second-order valence-corrected chi connectivity index (χ2v) is 9.19. The van der Waals surface area contributed by atoms with Gasteiger partial charge in [-0.2, -0.15) is 5.10 Å². The van der Waals surface area contributed by atoms with Crippen molar-refractivity contribution in [3.05, 3.63) is 87.5 Å². The third-order valence-electron chi connectivity index (χ3n) is 4.72. The number of hydrazone groups is 1. The number of nitro benzene ring substituents is 1. The number of hydrogen-bond acceptors (Lipinski definition) is 7. The lowest BCUT2D eigenvalue weighted by atomic mass is 10.1. The Morgan fingerprint density at radius 2 is 1.68 bits per heavy atom. The molecule has 0 radical (unpaired) electrons. The predicted molar refractivity (Wildman–Crippen MR) is 132 cm³/mol. The number of carbonyl (C=O) groups is 1. The molecule has 0 unspecified atom stereocenters. The number of non-ortho nitro benzene ring substituents is 1. The molecule has 0 bridgehead atoms. The van der Waals surface area contributed by atoms with E-state index in [9.17, 15) is 23.3 Å². The molecule has 0 saturated heterocycles. The van der Waals surface area contributed by atoms with Gasteiger partial charge >= 0.3 is 0 Å². The van der Waals surface area contributed by atoms with Gasteiger partial charge in [0, 0.05) is 24.7 Å². The molecule has 3 aromatic carbocycles. The number of amides is 1. The number of sulfonamides is 1. The van der Waals surface area contributed by atoms with Gasteiger partial charge in [-0.25, -0.2) is 8.42 Å². The van der Waals surface area contributed by atoms with Gasteiger partial charge in [0.1, 0.15) is 4.90 Å². The molecule has 3 N–H and O–H groups in total. The first kappa shape index (κ1) is 24.4. The van der Waals surface area contributed by atoms with E-state index in [2.05, 4.69) is 20.6 Å². The molecule has 3 rings (SSSR count). The van der Waals surface area contributed by atoms with Crippen molar-refractivity contribution in [1.29, 1.82) is 0 Å². The van der Waals surface area contributed by atoms with Gasteiger partial charge in [-0.1, -0.05) is 29.8 Å². The highest BCUT2D eigenvalue weighted by Gasteiger charge is 2.23. The van der Waals surface area contributed by atoms with Crippen molar-refractivity contribution < 1.29 is 18.1 Å². The van der Waals surface area contributed by atoms with E-state index in [4.69, 9.17) is 0 Å². The molecule has 0 atom stereocenters.